The monoisotopic (exact) mass is 274 g/mol. The van der Waals surface area contributed by atoms with Crippen molar-refractivity contribution >= 4 is 33.0 Å². The second kappa shape index (κ2) is 4.55. The Labute approximate surface area is 95.4 Å². The first kappa shape index (κ1) is 10.3. The minimum atomic E-state index is -0.213. The first-order valence-corrected chi connectivity index (χ1v) is 6.40. The van der Waals surface area contributed by atoms with E-state index in [0.29, 0.717) is 0 Å². The fourth-order valence-electron chi connectivity index (χ4n) is 1.58. The van der Waals surface area contributed by atoms with Gasteiger partial charge in [-0.25, -0.2) is 0 Å². The molecule has 1 aliphatic rings. The van der Waals surface area contributed by atoms with Gasteiger partial charge in [0.05, 0.1) is 0 Å². The van der Waals surface area contributed by atoms with Crippen LogP contribution in [0, 0.1) is 0 Å². The fourth-order valence-corrected chi connectivity index (χ4v) is 3.06. The van der Waals surface area contributed by atoms with E-state index >= 15 is 0 Å². The average Bonchev–Trinajstić information content (AvgIpc) is 2.65. The molecule has 0 saturated carbocycles. The molecule has 1 unspecified atom stereocenters. The van der Waals surface area contributed by atoms with Gasteiger partial charge in [0.25, 0.3) is 0 Å². The lowest BCUT2D eigenvalue weighted by Gasteiger charge is -2.20. The second-order valence-corrected chi connectivity index (χ2v) is 4.95. The van der Waals surface area contributed by atoms with E-state index in [0.717, 1.165) is 35.9 Å². The molecule has 0 bridgehead atoms. The molecule has 1 aliphatic heterocycles. The van der Waals surface area contributed by atoms with Crippen molar-refractivity contribution in [3.8, 4) is 0 Å². The van der Waals surface area contributed by atoms with Crippen molar-refractivity contribution in [2.45, 2.75) is 25.4 Å². The first-order chi connectivity index (χ1) is 6.79. The summed E-state index contributed by atoms with van der Waals surface area (Å²) in [7, 11) is 0. The first-order valence-electron chi connectivity index (χ1n) is 4.66. The summed E-state index contributed by atoms with van der Waals surface area (Å²) in [6.45, 7) is 0.720. The molecule has 0 spiro atoms. The van der Waals surface area contributed by atoms with Crippen molar-refractivity contribution in [3.63, 3.8) is 0 Å². The molecule has 1 aromatic rings. The average molecular weight is 275 g/mol. The smallest absolute Gasteiger partial charge is 0.193 e. The fraction of sp³-hybridized carbons (Fsp3) is 0.500. The number of rotatable bonds is 2. The second-order valence-electron chi connectivity index (χ2n) is 3.35. The molecule has 4 heteroatoms. The Balaban J connectivity index is 2.11. The Morgan fingerprint density at radius 3 is 2.93 bits per heavy atom. The van der Waals surface area contributed by atoms with Crippen molar-refractivity contribution < 1.29 is 9.53 Å². The number of ketones is 1. The van der Waals surface area contributed by atoms with Crippen molar-refractivity contribution in [1.82, 2.24) is 0 Å². The van der Waals surface area contributed by atoms with Crippen LogP contribution in [0.1, 0.15) is 29.6 Å². The van der Waals surface area contributed by atoms with Gasteiger partial charge in [0.2, 0.25) is 0 Å². The highest BCUT2D eigenvalue weighted by Gasteiger charge is 2.24. The molecule has 14 heavy (non-hydrogen) atoms. The van der Waals surface area contributed by atoms with Crippen LogP contribution in [0.15, 0.2) is 15.2 Å². The zero-order chi connectivity index (χ0) is 9.97. The molecule has 0 aromatic carbocycles. The number of carbonyl (C=O) groups excluding carboxylic acids is 1. The Morgan fingerprint density at radius 1 is 1.50 bits per heavy atom. The molecule has 0 N–H and O–H groups in total. The maximum Gasteiger partial charge on any atom is 0.193 e. The Kier molecular flexibility index (Phi) is 3.36. The molecule has 1 saturated heterocycles. The summed E-state index contributed by atoms with van der Waals surface area (Å²) in [5, 5.41) is 3.81. The Hall–Kier alpha value is -0.190. The molecule has 2 heterocycles. The molecule has 1 atom stereocenters. The normalized spacial score (nSPS) is 22.2. The van der Waals surface area contributed by atoms with Crippen LogP contribution in [0.25, 0.3) is 0 Å². The molecule has 2 nitrogen and oxygen atoms in total. The van der Waals surface area contributed by atoms with Crippen LogP contribution in [0.3, 0.4) is 0 Å². The third-order valence-electron chi connectivity index (χ3n) is 2.35. The molecular formula is C10H11BrO2S. The largest absolute Gasteiger partial charge is 0.370 e. The third kappa shape index (κ3) is 2.07. The van der Waals surface area contributed by atoms with Gasteiger partial charge in [-0.15, -0.1) is 0 Å². The van der Waals surface area contributed by atoms with Gasteiger partial charge in [0.1, 0.15) is 6.10 Å². The van der Waals surface area contributed by atoms with E-state index in [1.54, 1.807) is 0 Å². The molecular weight excluding hydrogens is 264 g/mol. The number of ether oxygens (including phenoxy) is 1. The molecule has 0 aliphatic carbocycles. The molecule has 0 radical (unpaired) electrons. The molecule has 1 aromatic heterocycles. The number of hydrogen-bond donors (Lipinski definition) is 0. The summed E-state index contributed by atoms with van der Waals surface area (Å²) < 4.78 is 6.34. The van der Waals surface area contributed by atoms with Crippen molar-refractivity contribution in [3.05, 3.63) is 20.8 Å². The van der Waals surface area contributed by atoms with Gasteiger partial charge < -0.3 is 4.74 Å². The highest BCUT2D eigenvalue weighted by molar-refractivity contribution is 9.10. The molecule has 76 valence electrons. The van der Waals surface area contributed by atoms with E-state index in [1.807, 2.05) is 10.8 Å². The minimum absolute atomic E-state index is 0.123. The van der Waals surface area contributed by atoms with E-state index in [2.05, 4.69) is 15.9 Å². The summed E-state index contributed by atoms with van der Waals surface area (Å²) in [6, 6.07) is 0. The van der Waals surface area contributed by atoms with Gasteiger partial charge in [-0.1, -0.05) is 0 Å². The van der Waals surface area contributed by atoms with Gasteiger partial charge in [-0.2, -0.15) is 11.3 Å². The van der Waals surface area contributed by atoms with Gasteiger partial charge in [0.15, 0.2) is 5.78 Å². The standard InChI is InChI=1S/C10H11BrO2S/c11-8-6-14-5-7(8)10(12)9-3-1-2-4-13-9/h5-6,9H,1-4H2. The Bertz CT molecular complexity index is 329. The lowest BCUT2D eigenvalue weighted by atomic mass is 10.0. The van der Waals surface area contributed by atoms with E-state index in [4.69, 9.17) is 4.74 Å². The summed E-state index contributed by atoms with van der Waals surface area (Å²) in [4.78, 5) is 11.9. The van der Waals surface area contributed by atoms with Crippen molar-refractivity contribution in [2.75, 3.05) is 6.61 Å². The zero-order valence-electron chi connectivity index (χ0n) is 7.66. The minimum Gasteiger partial charge on any atom is -0.370 e. The summed E-state index contributed by atoms with van der Waals surface area (Å²) in [5.74, 6) is 0.123. The maximum absolute atomic E-state index is 11.9. The predicted molar refractivity (Wildman–Crippen MR) is 59.9 cm³/mol. The maximum atomic E-state index is 11.9. The van der Waals surface area contributed by atoms with E-state index < -0.39 is 0 Å². The summed E-state index contributed by atoms with van der Waals surface area (Å²) in [5.41, 5.74) is 0.766. The van der Waals surface area contributed by atoms with E-state index in [-0.39, 0.29) is 11.9 Å². The summed E-state index contributed by atoms with van der Waals surface area (Å²) >= 11 is 4.90. The predicted octanol–water partition coefficient (Wildman–Crippen LogP) is 3.26. The van der Waals surface area contributed by atoms with Gasteiger partial charge >= 0.3 is 0 Å². The quantitative estimate of drug-likeness (QED) is 0.774. The summed E-state index contributed by atoms with van der Waals surface area (Å²) in [6.07, 6.45) is 2.82. The van der Waals surface area contributed by atoms with Crippen LogP contribution in [-0.2, 0) is 4.74 Å². The number of Topliss-reactive ketones (excluding diaryl/α,β-unsaturated/α-hetero) is 1. The highest BCUT2D eigenvalue weighted by atomic mass is 79.9. The van der Waals surface area contributed by atoms with Crippen LogP contribution in [0.2, 0.25) is 0 Å². The van der Waals surface area contributed by atoms with Crippen LogP contribution >= 0.6 is 27.3 Å². The van der Waals surface area contributed by atoms with Gasteiger partial charge in [-0.05, 0) is 35.2 Å². The van der Waals surface area contributed by atoms with E-state index in [1.165, 1.54) is 11.3 Å². The zero-order valence-corrected chi connectivity index (χ0v) is 10.1. The third-order valence-corrected chi connectivity index (χ3v) is 4.05. The van der Waals surface area contributed by atoms with Crippen LogP contribution in [0.5, 0.6) is 0 Å². The number of thiophene rings is 1. The van der Waals surface area contributed by atoms with Crippen LogP contribution < -0.4 is 0 Å². The van der Waals surface area contributed by atoms with Crippen molar-refractivity contribution in [1.29, 1.82) is 0 Å². The number of halogens is 1. The van der Waals surface area contributed by atoms with Crippen LogP contribution in [0.4, 0.5) is 0 Å². The van der Waals surface area contributed by atoms with Gasteiger partial charge in [0, 0.05) is 27.4 Å². The topological polar surface area (TPSA) is 26.3 Å². The van der Waals surface area contributed by atoms with Crippen LogP contribution in [-0.4, -0.2) is 18.5 Å². The van der Waals surface area contributed by atoms with E-state index in [9.17, 15) is 4.79 Å². The molecule has 0 amide bonds. The SMILES string of the molecule is O=C(c1cscc1Br)C1CCCCO1. The molecule has 2 rings (SSSR count). The lowest BCUT2D eigenvalue weighted by Crippen LogP contribution is -2.28. The number of carbonyl (C=O) groups is 1. The van der Waals surface area contributed by atoms with Crippen molar-refractivity contribution in [2.24, 2.45) is 0 Å². The molecule has 1 fully saturated rings. The van der Waals surface area contributed by atoms with Gasteiger partial charge in [-0.3, -0.25) is 4.79 Å². The highest BCUT2D eigenvalue weighted by Crippen LogP contribution is 2.25. The number of hydrogen-bond acceptors (Lipinski definition) is 3. The Morgan fingerprint density at radius 2 is 2.36 bits per heavy atom. The lowest BCUT2D eigenvalue weighted by molar-refractivity contribution is 0.0186.